The minimum atomic E-state index is -3.49. The molecule has 12 nitrogen and oxygen atoms in total. The average Bonchev–Trinajstić information content (AvgIpc) is 3.46. The van der Waals surface area contributed by atoms with Crippen molar-refractivity contribution in [1.29, 1.82) is 0 Å². The van der Waals surface area contributed by atoms with Crippen LogP contribution in [0, 0.1) is 0 Å². The molecule has 547 valence electrons. The molecule has 0 fully saturated rings. The number of hydrogen-bond acceptors (Lipinski definition) is 8. The van der Waals surface area contributed by atoms with Crippen LogP contribution in [0.2, 0.25) is 0 Å². The molecule has 0 rings (SSSR count). The third-order valence-electron chi connectivity index (χ3n) is 17.1. The van der Waals surface area contributed by atoms with E-state index >= 15 is 0 Å². The van der Waals surface area contributed by atoms with Gasteiger partial charge in [0.2, 0.25) is 0 Å². The first-order valence-corrected chi connectivity index (χ1v) is 44.7. The van der Waals surface area contributed by atoms with E-state index < -0.39 is 40.1 Å². The Balaban J connectivity index is -0.000000351. The van der Waals surface area contributed by atoms with Crippen LogP contribution < -0.4 is 0 Å². The Hall–Kier alpha value is 0.159. The van der Waals surface area contributed by atoms with Crippen LogP contribution in [0.3, 0.4) is 0 Å². The van der Waals surface area contributed by atoms with Crippen molar-refractivity contribution < 1.29 is 50.7 Å². The van der Waals surface area contributed by atoms with Crippen LogP contribution >= 0.6 is 0 Å². The van der Waals surface area contributed by atoms with E-state index in [1.807, 2.05) is 0 Å². The quantitative estimate of drug-likeness (QED) is 0.0419. The first-order valence-electron chi connectivity index (χ1n) is 38.1. The normalized spacial score (nSPS) is 11.8. The second kappa shape index (κ2) is 78.9. The van der Waals surface area contributed by atoms with E-state index in [4.69, 9.17) is 20.6 Å². The summed E-state index contributed by atoms with van der Waals surface area (Å²) in [4.78, 5) is 0. The van der Waals surface area contributed by atoms with E-state index in [1.54, 1.807) is 0 Å². The number of hydrogen-bond donors (Lipinski definition) is 0. The van der Waals surface area contributed by atoms with Crippen molar-refractivity contribution in [2.24, 2.45) is 0 Å². The maximum atomic E-state index is 10.6. The molecule has 4 N–H and O–H groups in total. The Labute approximate surface area is 569 Å². The Morgan fingerprint density at radius 3 is 0.281 bits per heavy atom. The molecule has 0 bridgehead atoms. The predicted octanol–water partition coefficient (Wildman–Crippen LogP) is 26.5. The summed E-state index contributed by atoms with van der Waals surface area (Å²) in [5.74, 6) is 0.133. The van der Waals surface area contributed by atoms with Gasteiger partial charge in [0.1, 0.15) is 0 Å². The molecule has 0 saturated carbocycles. The first-order chi connectivity index (χ1) is 42.2. The molecule has 0 aromatic heterocycles. The zero-order valence-electron chi connectivity index (χ0n) is 59.3. The molecule has 0 unspecified atom stereocenters. The molecule has 0 spiro atoms. The van der Waals surface area contributed by atoms with Gasteiger partial charge in [-0.15, -0.1) is 0 Å². The molecule has 0 aliphatic carbocycles. The van der Waals surface area contributed by atoms with Crippen molar-refractivity contribution in [3.63, 3.8) is 0 Å². The zero-order valence-corrected chi connectivity index (χ0v) is 63.5. The van der Waals surface area contributed by atoms with Gasteiger partial charge in [-0.3, -0.25) is 0 Å². The van der Waals surface area contributed by atoms with Gasteiger partial charge >= 0.3 is 0 Å². The van der Waals surface area contributed by atoms with E-state index in [1.165, 1.54) is 334 Å². The van der Waals surface area contributed by atoms with Crippen LogP contribution in [0.15, 0.2) is 0 Å². The van der Waals surface area contributed by atoms with Crippen molar-refractivity contribution in [2.45, 2.75) is 439 Å². The minimum Gasteiger partial charge on any atom is -0.564 e. The van der Waals surface area contributed by atoms with Crippen LogP contribution in [0.1, 0.15) is 439 Å². The summed E-state index contributed by atoms with van der Waals surface area (Å²) in [6.45, 7) is 9.06. The number of nitrogens with one attached hydrogen (secondary N) is 4. The van der Waals surface area contributed by atoms with Crippen molar-refractivity contribution in [3.8, 4) is 0 Å². The van der Waals surface area contributed by atoms with Crippen LogP contribution in [-0.4, -0.2) is 56.7 Å². The zero-order chi connectivity index (χ0) is 66.1. The summed E-state index contributed by atoms with van der Waals surface area (Å²) in [6, 6.07) is 0. The van der Waals surface area contributed by atoms with Crippen molar-refractivity contribution in [1.82, 2.24) is 0 Å². The molecular weight excluding hydrogens is 1240 g/mol. The van der Waals surface area contributed by atoms with Crippen LogP contribution in [0.4, 0.5) is 0 Å². The number of rotatable bonds is 68. The summed E-state index contributed by atoms with van der Waals surface area (Å²) in [7, 11) is -14.0. The first kappa shape index (κ1) is 97.8. The van der Waals surface area contributed by atoms with Gasteiger partial charge in [-0.05, 0) is 25.7 Å². The van der Waals surface area contributed by atoms with Crippen molar-refractivity contribution in [3.05, 3.63) is 20.6 Å². The summed E-state index contributed by atoms with van der Waals surface area (Å²) < 4.78 is 85.2. The molecule has 0 aliphatic heterocycles. The van der Waals surface area contributed by atoms with E-state index in [9.17, 15) is 33.7 Å². The predicted molar refractivity (Wildman–Crippen MR) is 391 cm³/mol. The van der Waals surface area contributed by atoms with Gasteiger partial charge in [-0.1, -0.05) is 413 Å². The average molecular weight is 1390 g/mol. The van der Waals surface area contributed by atoms with Gasteiger partial charge in [0.15, 0.2) is 0 Å². The van der Waals surface area contributed by atoms with Crippen LogP contribution in [-0.2, 0) is 57.2 Å². The Morgan fingerprint density at radius 1 is 0.146 bits per heavy atom. The SMILES string of the molecule is CCCCCCCCCCCCCCCCCCS([NH-])(=O)=O.CCCCCCCCCCCCCCCCCCS([NH-])(=O)=O.CCCCCCCCCCCCCCCCCCS([NH-])(=O)=O.CCCCCCCCCCCCCCCCCCS([NH-])(=O)=O.[Cu]. The smallest absolute Gasteiger partial charge is 0.0699 e. The maximum Gasteiger partial charge on any atom is 0.0699 e. The Kier molecular flexibility index (Phi) is 86.7. The second-order valence-electron chi connectivity index (χ2n) is 26.5. The molecule has 0 saturated heterocycles. The van der Waals surface area contributed by atoms with Gasteiger partial charge in [0.25, 0.3) is 0 Å². The summed E-state index contributed by atoms with van der Waals surface area (Å²) >= 11 is 0. The molecule has 0 atom stereocenters. The molecule has 0 aromatic carbocycles. The standard InChI is InChI=1S/4C18H38NO2S.Cu/c4*1-2-3-4-5-6-7-8-9-10-11-12-13-14-15-16-17-18-22(19,20)21;/h4*2-18H2,1H3,(H-,19,20,21);/q4*-1;. The summed E-state index contributed by atoms with van der Waals surface area (Å²) in [5.41, 5.74) is 0. The van der Waals surface area contributed by atoms with Crippen molar-refractivity contribution in [2.75, 3.05) is 23.0 Å². The van der Waals surface area contributed by atoms with Gasteiger partial charge < -0.3 is 20.6 Å². The maximum absolute atomic E-state index is 10.6. The Morgan fingerprint density at radius 2 is 0.213 bits per heavy atom. The molecule has 0 aliphatic rings. The summed E-state index contributed by atoms with van der Waals surface area (Å²) in [6.07, 6.45) is 82.1. The monoisotopic (exact) mass is 1390 g/mol. The largest absolute Gasteiger partial charge is 0.564 e. The van der Waals surface area contributed by atoms with E-state index in [-0.39, 0.29) is 40.1 Å². The van der Waals surface area contributed by atoms with Crippen LogP contribution in [0.5, 0.6) is 0 Å². The molecule has 0 heterocycles. The number of unbranched alkanes of at least 4 members (excludes halogenated alkanes) is 60. The topological polar surface area (TPSA) is 232 Å². The summed E-state index contributed by atoms with van der Waals surface area (Å²) in [5, 5.41) is 27.1. The van der Waals surface area contributed by atoms with Crippen LogP contribution in [0.25, 0.3) is 20.6 Å². The second-order valence-corrected chi connectivity index (χ2v) is 33.0. The fraction of sp³-hybridized carbons (Fsp3) is 1.00. The molecule has 0 amide bonds. The molecule has 89 heavy (non-hydrogen) atoms. The van der Waals surface area contributed by atoms with Gasteiger partial charge in [-0.2, -0.15) is 0 Å². The fourth-order valence-corrected chi connectivity index (χ4v) is 13.7. The van der Waals surface area contributed by atoms with E-state index in [0.717, 1.165) is 51.4 Å². The third kappa shape index (κ3) is 113. The van der Waals surface area contributed by atoms with Gasteiger partial charge in [-0.25, -0.2) is 33.7 Å². The van der Waals surface area contributed by atoms with E-state index in [0.29, 0.717) is 25.7 Å². The minimum absolute atomic E-state index is 0. The third-order valence-corrected chi connectivity index (χ3v) is 20.4. The van der Waals surface area contributed by atoms with Crippen molar-refractivity contribution >= 4 is 40.1 Å². The fourth-order valence-electron chi connectivity index (χ4n) is 11.4. The molecule has 0 aromatic rings. The van der Waals surface area contributed by atoms with E-state index in [2.05, 4.69) is 27.7 Å². The number of sulfonamides is 4. The van der Waals surface area contributed by atoms with Gasteiger partial charge in [0, 0.05) is 40.1 Å². The molecular formula is C72H152CuN4O8S4-4. The molecule has 17 heteroatoms. The Bertz CT molecular complexity index is 1520. The van der Waals surface area contributed by atoms with Gasteiger partial charge in [0.05, 0.1) is 40.1 Å². The molecule has 1 radical (unpaired) electrons.